The van der Waals surface area contributed by atoms with E-state index in [0.717, 1.165) is 6.54 Å². The normalized spacial score (nSPS) is 27.8. The van der Waals surface area contributed by atoms with Crippen LogP contribution in [0.5, 0.6) is 0 Å². The van der Waals surface area contributed by atoms with Crippen LogP contribution in [-0.4, -0.2) is 49.2 Å². The van der Waals surface area contributed by atoms with Crippen molar-refractivity contribution in [3.8, 4) is 0 Å². The Morgan fingerprint density at radius 3 is 2.50 bits per heavy atom. The zero-order valence-electron chi connectivity index (χ0n) is 9.25. The van der Waals surface area contributed by atoms with Crippen molar-refractivity contribution in [2.75, 3.05) is 26.2 Å². The molecule has 1 saturated heterocycles. The molecular weight excluding hydrogens is 180 g/mol. The van der Waals surface area contributed by atoms with Gasteiger partial charge >= 0.3 is 0 Å². The highest BCUT2D eigenvalue weighted by molar-refractivity contribution is 5.78. The Hall–Kier alpha value is -0.610. The zero-order valence-corrected chi connectivity index (χ0v) is 9.25. The van der Waals surface area contributed by atoms with Gasteiger partial charge in [0.2, 0.25) is 5.91 Å². The minimum absolute atomic E-state index is 0.157. The van der Waals surface area contributed by atoms with E-state index in [-0.39, 0.29) is 18.1 Å². The first-order valence-electron chi connectivity index (χ1n) is 5.27. The predicted octanol–water partition coefficient (Wildman–Crippen LogP) is 0.232. The number of morpholine rings is 1. The standard InChI is InChI=1S/C10H20N2O2/c1-4-11-5-10(13)12-6-8(2)14-9(3)7-12/h8-9,11H,4-7H2,1-3H3. The van der Waals surface area contributed by atoms with Gasteiger partial charge in [0.15, 0.2) is 0 Å². The van der Waals surface area contributed by atoms with Crippen LogP contribution in [0.3, 0.4) is 0 Å². The van der Waals surface area contributed by atoms with Crippen LogP contribution in [-0.2, 0) is 9.53 Å². The fourth-order valence-corrected chi connectivity index (χ4v) is 1.73. The summed E-state index contributed by atoms with van der Waals surface area (Å²) in [4.78, 5) is 13.5. The van der Waals surface area contributed by atoms with E-state index >= 15 is 0 Å². The summed E-state index contributed by atoms with van der Waals surface area (Å²) in [6.45, 7) is 8.71. The number of hydrogen-bond donors (Lipinski definition) is 1. The van der Waals surface area contributed by atoms with Crippen LogP contribution in [0.15, 0.2) is 0 Å². The minimum atomic E-state index is 0.157. The molecule has 0 radical (unpaired) electrons. The average molecular weight is 200 g/mol. The fraction of sp³-hybridized carbons (Fsp3) is 0.900. The number of amides is 1. The molecular formula is C10H20N2O2. The third kappa shape index (κ3) is 3.27. The number of carbonyl (C=O) groups is 1. The Bertz CT molecular complexity index is 187. The zero-order chi connectivity index (χ0) is 10.6. The van der Waals surface area contributed by atoms with Crippen molar-refractivity contribution in [2.24, 2.45) is 0 Å². The molecule has 0 aromatic heterocycles. The van der Waals surface area contributed by atoms with Crippen LogP contribution in [0.4, 0.5) is 0 Å². The molecule has 1 fully saturated rings. The number of ether oxygens (including phenoxy) is 1. The van der Waals surface area contributed by atoms with Crippen molar-refractivity contribution in [3.05, 3.63) is 0 Å². The lowest BCUT2D eigenvalue weighted by atomic mass is 10.2. The number of nitrogens with one attached hydrogen (secondary N) is 1. The lowest BCUT2D eigenvalue weighted by molar-refractivity contribution is -0.142. The van der Waals surface area contributed by atoms with Gasteiger partial charge in [-0.15, -0.1) is 0 Å². The molecule has 4 heteroatoms. The van der Waals surface area contributed by atoms with E-state index in [2.05, 4.69) is 5.32 Å². The third-order valence-corrected chi connectivity index (χ3v) is 2.30. The summed E-state index contributed by atoms with van der Waals surface area (Å²) >= 11 is 0. The Labute approximate surface area is 85.6 Å². The largest absolute Gasteiger partial charge is 0.372 e. The summed E-state index contributed by atoms with van der Waals surface area (Å²) in [5, 5.41) is 3.04. The molecule has 0 aromatic rings. The highest BCUT2D eigenvalue weighted by Crippen LogP contribution is 2.10. The van der Waals surface area contributed by atoms with Crippen LogP contribution < -0.4 is 5.32 Å². The number of rotatable bonds is 3. The molecule has 0 aromatic carbocycles. The van der Waals surface area contributed by atoms with Gasteiger partial charge in [0.05, 0.1) is 18.8 Å². The Morgan fingerprint density at radius 1 is 1.43 bits per heavy atom. The molecule has 0 spiro atoms. The maximum Gasteiger partial charge on any atom is 0.236 e. The van der Waals surface area contributed by atoms with Crippen LogP contribution in [0, 0.1) is 0 Å². The van der Waals surface area contributed by atoms with E-state index in [0.29, 0.717) is 19.6 Å². The minimum Gasteiger partial charge on any atom is -0.372 e. The van der Waals surface area contributed by atoms with E-state index in [1.807, 2.05) is 25.7 Å². The number of nitrogens with zero attached hydrogens (tertiary/aromatic N) is 1. The third-order valence-electron chi connectivity index (χ3n) is 2.30. The smallest absolute Gasteiger partial charge is 0.236 e. The van der Waals surface area contributed by atoms with Gasteiger partial charge in [0.25, 0.3) is 0 Å². The monoisotopic (exact) mass is 200 g/mol. The number of likely N-dealkylation sites (N-methyl/N-ethyl adjacent to an activating group) is 1. The van der Waals surface area contributed by atoms with Gasteiger partial charge in [0, 0.05) is 13.1 Å². The molecule has 2 atom stereocenters. The summed E-state index contributed by atoms with van der Waals surface area (Å²) in [6.07, 6.45) is 0.314. The summed E-state index contributed by atoms with van der Waals surface area (Å²) in [7, 11) is 0. The predicted molar refractivity (Wildman–Crippen MR) is 55.1 cm³/mol. The first-order chi connectivity index (χ1) is 6.63. The molecule has 1 aliphatic rings. The lowest BCUT2D eigenvalue weighted by Gasteiger charge is -2.35. The van der Waals surface area contributed by atoms with Crippen molar-refractivity contribution >= 4 is 5.91 Å². The molecule has 4 nitrogen and oxygen atoms in total. The van der Waals surface area contributed by atoms with Gasteiger partial charge in [-0.2, -0.15) is 0 Å². The van der Waals surface area contributed by atoms with E-state index in [1.165, 1.54) is 0 Å². The van der Waals surface area contributed by atoms with Crippen LogP contribution in [0.2, 0.25) is 0 Å². The Morgan fingerprint density at radius 2 is 2.00 bits per heavy atom. The number of carbonyl (C=O) groups excluding carboxylic acids is 1. The molecule has 0 saturated carbocycles. The maximum absolute atomic E-state index is 11.7. The Balaban J connectivity index is 2.38. The molecule has 14 heavy (non-hydrogen) atoms. The van der Waals surface area contributed by atoms with E-state index in [9.17, 15) is 4.79 Å². The average Bonchev–Trinajstić information content (AvgIpc) is 2.12. The van der Waals surface area contributed by atoms with Crippen LogP contribution >= 0.6 is 0 Å². The van der Waals surface area contributed by atoms with E-state index in [4.69, 9.17) is 4.74 Å². The fourth-order valence-electron chi connectivity index (χ4n) is 1.73. The number of hydrogen-bond acceptors (Lipinski definition) is 3. The van der Waals surface area contributed by atoms with Gasteiger partial charge in [-0.3, -0.25) is 4.79 Å². The summed E-state index contributed by atoms with van der Waals surface area (Å²) in [6, 6.07) is 0. The van der Waals surface area contributed by atoms with Gasteiger partial charge in [0.1, 0.15) is 0 Å². The second-order valence-corrected chi connectivity index (χ2v) is 3.84. The quantitative estimate of drug-likeness (QED) is 0.709. The molecule has 82 valence electrons. The molecule has 1 aliphatic heterocycles. The van der Waals surface area contributed by atoms with Crippen molar-refractivity contribution in [1.82, 2.24) is 10.2 Å². The van der Waals surface area contributed by atoms with Gasteiger partial charge < -0.3 is 15.0 Å². The summed E-state index contributed by atoms with van der Waals surface area (Å²) in [5.74, 6) is 0.175. The van der Waals surface area contributed by atoms with Crippen molar-refractivity contribution < 1.29 is 9.53 Å². The lowest BCUT2D eigenvalue weighted by Crippen LogP contribution is -2.50. The van der Waals surface area contributed by atoms with Crippen molar-refractivity contribution in [2.45, 2.75) is 33.0 Å². The van der Waals surface area contributed by atoms with E-state index < -0.39 is 0 Å². The van der Waals surface area contributed by atoms with Gasteiger partial charge in [-0.1, -0.05) is 6.92 Å². The first kappa shape index (κ1) is 11.5. The van der Waals surface area contributed by atoms with Crippen molar-refractivity contribution in [1.29, 1.82) is 0 Å². The maximum atomic E-state index is 11.7. The Kier molecular flexibility index (Phi) is 4.35. The SMILES string of the molecule is CCNCC(=O)N1CC(C)OC(C)C1. The van der Waals surface area contributed by atoms with Crippen LogP contribution in [0.25, 0.3) is 0 Å². The molecule has 1 heterocycles. The molecule has 2 unspecified atom stereocenters. The topological polar surface area (TPSA) is 41.6 Å². The highest BCUT2D eigenvalue weighted by atomic mass is 16.5. The second kappa shape index (κ2) is 5.32. The summed E-state index contributed by atoms with van der Waals surface area (Å²) < 4.78 is 5.56. The van der Waals surface area contributed by atoms with Crippen molar-refractivity contribution in [3.63, 3.8) is 0 Å². The molecule has 1 rings (SSSR count). The highest BCUT2D eigenvalue weighted by Gasteiger charge is 2.25. The van der Waals surface area contributed by atoms with Gasteiger partial charge in [-0.25, -0.2) is 0 Å². The molecule has 0 bridgehead atoms. The second-order valence-electron chi connectivity index (χ2n) is 3.84. The van der Waals surface area contributed by atoms with E-state index in [1.54, 1.807) is 0 Å². The summed E-state index contributed by atoms with van der Waals surface area (Å²) in [5.41, 5.74) is 0. The van der Waals surface area contributed by atoms with Gasteiger partial charge in [-0.05, 0) is 20.4 Å². The molecule has 0 aliphatic carbocycles. The molecule has 1 N–H and O–H groups in total. The first-order valence-corrected chi connectivity index (χ1v) is 5.27. The van der Waals surface area contributed by atoms with Crippen LogP contribution in [0.1, 0.15) is 20.8 Å². The molecule has 1 amide bonds.